The van der Waals surface area contributed by atoms with Crippen LogP contribution in [0.15, 0.2) is 24.3 Å². The zero-order valence-corrected chi connectivity index (χ0v) is 18.0. The van der Waals surface area contributed by atoms with Crippen molar-refractivity contribution in [3.63, 3.8) is 0 Å². The summed E-state index contributed by atoms with van der Waals surface area (Å²) < 4.78 is 0.935. The number of carbonyl (C=O) groups is 3. The zero-order chi connectivity index (χ0) is 21.0. The Morgan fingerprint density at radius 3 is 2.37 bits per heavy atom. The molecule has 4 heterocycles. The summed E-state index contributed by atoms with van der Waals surface area (Å²) in [7, 11) is 3.94. The highest BCUT2D eigenvalue weighted by molar-refractivity contribution is 7.21. The Hall–Kier alpha value is -2.49. The lowest BCUT2D eigenvalue weighted by Gasteiger charge is -2.49. The topological polar surface area (TPSA) is 76.2 Å². The van der Waals surface area contributed by atoms with Gasteiger partial charge in [0.15, 0.2) is 0 Å². The fourth-order valence-electron chi connectivity index (χ4n) is 4.51. The van der Waals surface area contributed by atoms with Gasteiger partial charge in [-0.15, -0.1) is 11.3 Å². The summed E-state index contributed by atoms with van der Waals surface area (Å²) in [6, 6.07) is 7.68. The van der Waals surface area contributed by atoms with Crippen molar-refractivity contribution in [3.8, 4) is 0 Å². The van der Waals surface area contributed by atoms with Crippen LogP contribution in [0.1, 0.15) is 20.0 Å². The third kappa shape index (κ3) is 2.84. The molecule has 0 atom stereocenters. The first-order valence-electron chi connectivity index (χ1n) is 10.2. The molecule has 0 aliphatic carbocycles. The Bertz CT molecular complexity index is 1040. The summed E-state index contributed by atoms with van der Waals surface area (Å²) >= 11 is 1.39. The highest BCUT2D eigenvalue weighted by Crippen LogP contribution is 2.37. The third-order valence-corrected chi connectivity index (χ3v) is 7.78. The fourth-order valence-corrected chi connectivity index (χ4v) is 5.68. The van der Waals surface area contributed by atoms with Crippen molar-refractivity contribution in [2.24, 2.45) is 0 Å². The van der Waals surface area contributed by atoms with E-state index in [1.54, 1.807) is 4.90 Å². The molecule has 3 amide bonds. The maximum atomic E-state index is 13.5. The van der Waals surface area contributed by atoms with Gasteiger partial charge in [-0.2, -0.15) is 0 Å². The van der Waals surface area contributed by atoms with E-state index in [9.17, 15) is 14.4 Å². The molecule has 3 saturated heterocycles. The maximum Gasteiger partial charge on any atom is 0.264 e. The molecule has 1 aromatic heterocycles. The second-order valence-electron chi connectivity index (χ2n) is 8.45. The van der Waals surface area contributed by atoms with Gasteiger partial charge in [0.05, 0.1) is 25.3 Å². The largest absolute Gasteiger partial charge is 0.342 e. The first kappa shape index (κ1) is 19.5. The van der Waals surface area contributed by atoms with Crippen LogP contribution < -0.4 is 5.32 Å². The van der Waals surface area contributed by atoms with E-state index in [2.05, 4.69) is 10.2 Å². The number of hydrogen-bond donors (Lipinski definition) is 1. The SMILES string of the molecule is CN1CCN(C(=O)c2sc3ccccc3c2C(=O)N2CC3(C2)C(=O)NCN3C)CC1. The van der Waals surface area contributed by atoms with Gasteiger partial charge >= 0.3 is 0 Å². The molecule has 0 saturated carbocycles. The molecule has 1 aromatic carbocycles. The molecular formula is C21H25N5O3S. The standard InChI is InChI=1S/C21H25N5O3S/c1-23-7-9-25(10-8-23)19(28)17-16(14-5-3-4-6-15(14)30-17)18(27)26-11-21(12-26)20(29)22-13-24(21)2/h3-6H,7-13H2,1-2H3,(H,22,29). The lowest BCUT2D eigenvalue weighted by atomic mass is 9.87. The van der Waals surface area contributed by atoms with Gasteiger partial charge in [0.25, 0.3) is 11.8 Å². The predicted molar refractivity (Wildman–Crippen MR) is 115 cm³/mol. The molecule has 2 aromatic rings. The Morgan fingerprint density at radius 2 is 1.70 bits per heavy atom. The fraction of sp³-hybridized carbons (Fsp3) is 0.476. The van der Waals surface area contributed by atoms with Crippen molar-refractivity contribution in [3.05, 3.63) is 34.7 Å². The number of carbonyl (C=O) groups excluding carboxylic acids is 3. The van der Waals surface area contributed by atoms with Gasteiger partial charge in [0.2, 0.25) is 5.91 Å². The predicted octanol–water partition coefficient (Wildman–Crippen LogP) is 0.503. The molecule has 30 heavy (non-hydrogen) atoms. The van der Waals surface area contributed by atoms with Crippen molar-refractivity contribution in [1.29, 1.82) is 0 Å². The number of nitrogens with zero attached hydrogens (tertiary/aromatic N) is 4. The number of nitrogens with one attached hydrogen (secondary N) is 1. The summed E-state index contributed by atoms with van der Waals surface area (Å²) in [6.07, 6.45) is 0. The minimum atomic E-state index is -0.636. The number of rotatable bonds is 2. The van der Waals surface area contributed by atoms with E-state index in [-0.39, 0.29) is 17.7 Å². The molecular weight excluding hydrogens is 402 g/mol. The summed E-state index contributed by atoms with van der Waals surface area (Å²) in [5, 5.41) is 3.66. The molecule has 1 N–H and O–H groups in total. The van der Waals surface area contributed by atoms with Crippen molar-refractivity contribution in [1.82, 2.24) is 24.9 Å². The van der Waals surface area contributed by atoms with E-state index in [4.69, 9.17) is 0 Å². The van der Waals surface area contributed by atoms with Crippen LogP contribution >= 0.6 is 11.3 Å². The normalized spacial score (nSPS) is 21.9. The van der Waals surface area contributed by atoms with Crippen molar-refractivity contribution < 1.29 is 14.4 Å². The van der Waals surface area contributed by atoms with Gasteiger partial charge < -0.3 is 20.0 Å². The van der Waals surface area contributed by atoms with Crippen LogP contribution in [0.25, 0.3) is 10.1 Å². The van der Waals surface area contributed by atoms with Crippen LogP contribution in [0.2, 0.25) is 0 Å². The molecule has 9 heteroatoms. The number of amides is 3. The Labute approximate surface area is 179 Å². The quantitative estimate of drug-likeness (QED) is 0.756. The number of benzene rings is 1. The van der Waals surface area contributed by atoms with Crippen LogP contribution in [-0.4, -0.2) is 103 Å². The Morgan fingerprint density at radius 1 is 1.00 bits per heavy atom. The summed E-state index contributed by atoms with van der Waals surface area (Å²) in [4.78, 5) is 47.4. The van der Waals surface area contributed by atoms with Gasteiger partial charge in [0, 0.05) is 36.3 Å². The van der Waals surface area contributed by atoms with E-state index in [0.717, 1.165) is 23.2 Å². The van der Waals surface area contributed by atoms with E-state index in [1.807, 2.05) is 48.2 Å². The van der Waals surface area contributed by atoms with Crippen molar-refractivity contribution >= 4 is 39.1 Å². The van der Waals surface area contributed by atoms with Crippen LogP contribution in [0.3, 0.4) is 0 Å². The molecule has 3 fully saturated rings. The first-order valence-corrected chi connectivity index (χ1v) is 11.0. The number of piperazine rings is 1. The highest BCUT2D eigenvalue weighted by atomic mass is 32.1. The lowest BCUT2D eigenvalue weighted by Crippen LogP contribution is -2.71. The van der Waals surface area contributed by atoms with E-state index in [0.29, 0.717) is 43.3 Å². The molecule has 0 unspecified atom stereocenters. The smallest absolute Gasteiger partial charge is 0.264 e. The molecule has 8 nitrogen and oxygen atoms in total. The summed E-state index contributed by atoms with van der Waals surface area (Å²) in [6.45, 7) is 4.17. The maximum absolute atomic E-state index is 13.5. The zero-order valence-electron chi connectivity index (χ0n) is 17.2. The molecule has 0 bridgehead atoms. The molecule has 5 rings (SSSR count). The van der Waals surface area contributed by atoms with E-state index < -0.39 is 5.54 Å². The monoisotopic (exact) mass is 427 g/mol. The number of thiophene rings is 1. The molecule has 0 radical (unpaired) electrons. The van der Waals surface area contributed by atoms with Gasteiger partial charge in [-0.3, -0.25) is 19.3 Å². The molecule has 3 aliphatic heterocycles. The van der Waals surface area contributed by atoms with Gasteiger partial charge in [-0.25, -0.2) is 0 Å². The minimum absolute atomic E-state index is 0.0297. The number of fused-ring (bicyclic) bond motifs is 1. The van der Waals surface area contributed by atoms with Crippen LogP contribution in [0.4, 0.5) is 0 Å². The van der Waals surface area contributed by atoms with E-state index >= 15 is 0 Å². The second-order valence-corrected chi connectivity index (χ2v) is 9.50. The summed E-state index contributed by atoms with van der Waals surface area (Å²) in [5.41, 5.74) is -0.154. The number of hydrogen-bond acceptors (Lipinski definition) is 6. The lowest BCUT2D eigenvalue weighted by molar-refractivity contribution is -0.133. The first-order chi connectivity index (χ1) is 14.4. The third-order valence-electron chi connectivity index (χ3n) is 6.62. The van der Waals surface area contributed by atoms with E-state index in [1.165, 1.54) is 11.3 Å². The molecule has 158 valence electrons. The number of likely N-dealkylation sites (N-methyl/N-ethyl adjacent to an activating group) is 2. The number of likely N-dealkylation sites (tertiary alicyclic amines) is 1. The van der Waals surface area contributed by atoms with Gasteiger partial charge in [0.1, 0.15) is 10.4 Å². The van der Waals surface area contributed by atoms with Crippen molar-refractivity contribution in [2.45, 2.75) is 5.54 Å². The molecule has 1 spiro atoms. The second kappa shape index (κ2) is 7.04. The van der Waals surface area contributed by atoms with Crippen molar-refractivity contribution in [2.75, 3.05) is 60.0 Å². The molecule has 3 aliphatic rings. The van der Waals surface area contributed by atoms with Gasteiger partial charge in [-0.05, 0) is 20.2 Å². The van der Waals surface area contributed by atoms with Gasteiger partial charge in [-0.1, -0.05) is 18.2 Å². The van der Waals surface area contributed by atoms with Crippen LogP contribution in [-0.2, 0) is 4.79 Å². The highest BCUT2D eigenvalue weighted by Gasteiger charge is 2.57. The Balaban J connectivity index is 1.46. The van der Waals surface area contributed by atoms with Crippen LogP contribution in [0, 0.1) is 0 Å². The Kier molecular flexibility index (Phi) is 4.57. The average Bonchev–Trinajstić information content (AvgIpc) is 3.24. The average molecular weight is 428 g/mol. The summed E-state index contributed by atoms with van der Waals surface area (Å²) in [5.74, 6) is -0.264. The minimum Gasteiger partial charge on any atom is -0.342 e. The van der Waals surface area contributed by atoms with Crippen LogP contribution in [0.5, 0.6) is 0 Å².